The van der Waals surface area contributed by atoms with Crippen LogP contribution < -0.4 is 10.6 Å². The van der Waals surface area contributed by atoms with Crippen LogP contribution in [-0.4, -0.2) is 90.3 Å². The maximum Gasteiger partial charge on any atom is 0.408 e. The van der Waals surface area contributed by atoms with E-state index in [4.69, 9.17) is 14.2 Å². The highest BCUT2D eigenvalue weighted by Crippen LogP contribution is 2.16. The third kappa shape index (κ3) is 7.43. The third-order valence-corrected chi connectivity index (χ3v) is 4.62. The van der Waals surface area contributed by atoms with Gasteiger partial charge in [-0.15, -0.1) is 0 Å². The van der Waals surface area contributed by atoms with E-state index >= 15 is 0 Å². The first-order chi connectivity index (χ1) is 15.2. The average Bonchev–Trinajstić information content (AvgIpc) is 2.79. The molecular weight excluding hydrogens is 428 g/mol. The molecule has 2 rings (SSSR count). The number of hydrogen-bond donors (Lipinski definition) is 5. The number of rotatable bonds is 9. The van der Waals surface area contributed by atoms with Crippen molar-refractivity contribution in [2.24, 2.45) is 0 Å². The molecule has 178 valence electrons. The van der Waals surface area contributed by atoms with Crippen LogP contribution >= 0.6 is 0 Å². The van der Waals surface area contributed by atoms with Crippen LogP contribution in [0.2, 0.25) is 0 Å². The number of aliphatic hydroxyl groups excluding tert-OH is 3. The third-order valence-electron chi connectivity index (χ3n) is 4.62. The normalized spacial score (nSPS) is 24.7. The highest BCUT2D eigenvalue weighted by molar-refractivity contribution is 5.89. The van der Waals surface area contributed by atoms with Crippen LogP contribution in [0.25, 0.3) is 0 Å². The lowest BCUT2D eigenvalue weighted by Gasteiger charge is -2.35. The zero-order valence-corrected chi connectivity index (χ0v) is 17.7. The van der Waals surface area contributed by atoms with Crippen LogP contribution in [0.3, 0.4) is 0 Å². The summed E-state index contributed by atoms with van der Waals surface area (Å²) in [4.78, 5) is 36.3. The zero-order chi connectivity index (χ0) is 23.7. The molecule has 0 radical (unpaired) electrons. The predicted octanol–water partition coefficient (Wildman–Crippen LogP) is -1.59. The first-order valence-corrected chi connectivity index (χ1v) is 9.85. The van der Waals surface area contributed by atoms with E-state index in [1.807, 2.05) is 6.07 Å². The summed E-state index contributed by atoms with van der Waals surface area (Å²) in [6.45, 7) is 0.655. The second kappa shape index (κ2) is 12.3. The van der Waals surface area contributed by atoms with E-state index in [1.54, 1.807) is 24.3 Å². The summed E-state index contributed by atoms with van der Waals surface area (Å²) in [5.74, 6) is -1.57. The Morgan fingerprint density at radius 2 is 1.81 bits per heavy atom. The van der Waals surface area contributed by atoms with Crippen molar-refractivity contribution >= 4 is 18.0 Å². The van der Waals surface area contributed by atoms with E-state index in [2.05, 4.69) is 15.4 Å². The lowest BCUT2D eigenvalue weighted by Crippen LogP contribution is -2.56. The summed E-state index contributed by atoms with van der Waals surface area (Å²) in [6.07, 6.45) is -6.50. The van der Waals surface area contributed by atoms with Gasteiger partial charge in [-0.05, 0) is 12.5 Å². The number of carbonyl (C=O) groups excluding carboxylic acids is 3. The Hall–Kier alpha value is -2.77. The largest absolute Gasteiger partial charge is 0.467 e. The molecule has 0 saturated carbocycles. The Kier molecular flexibility index (Phi) is 9.81. The summed E-state index contributed by atoms with van der Waals surface area (Å²) >= 11 is 0. The van der Waals surface area contributed by atoms with Crippen LogP contribution in [-0.2, 0) is 35.1 Å². The van der Waals surface area contributed by atoms with Gasteiger partial charge in [0.05, 0.1) is 20.3 Å². The number of esters is 1. The molecule has 0 aromatic heterocycles. The van der Waals surface area contributed by atoms with Crippen molar-refractivity contribution < 1.29 is 48.7 Å². The Labute approximate surface area is 184 Å². The lowest BCUT2D eigenvalue weighted by atomic mass is 10.1. The van der Waals surface area contributed by atoms with Gasteiger partial charge in [-0.1, -0.05) is 30.3 Å². The van der Waals surface area contributed by atoms with Crippen molar-refractivity contribution in [2.75, 3.05) is 20.3 Å². The number of ether oxygens (including phenoxy) is 4. The van der Waals surface area contributed by atoms with E-state index < -0.39 is 61.3 Å². The highest BCUT2D eigenvalue weighted by Gasteiger charge is 2.39. The van der Waals surface area contributed by atoms with Crippen LogP contribution in [0, 0.1) is 0 Å². The fourth-order valence-electron chi connectivity index (χ4n) is 2.73. The maximum atomic E-state index is 12.4. The second-order valence-electron chi connectivity index (χ2n) is 7.10. The predicted molar refractivity (Wildman–Crippen MR) is 107 cm³/mol. The summed E-state index contributed by atoms with van der Waals surface area (Å²) in [5, 5.41) is 33.7. The summed E-state index contributed by atoms with van der Waals surface area (Å²) in [5.41, 5.74) is 0.771. The van der Waals surface area contributed by atoms with Crippen LogP contribution in [0.4, 0.5) is 4.79 Å². The van der Waals surface area contributed by atoms with Crippen molar-refractivity contribution in [1.82, 2.24) is 10.6 Å². The number of aliphatic hydroxyl groups is 3. The Morgan fingerprint density at radius 3 is 2.47 bits per heavy atom. The fraction of sp³-hybridized carbons (Fsp3) is 0.550. The molecule has 2 amide bonds. The molecule has 12 heteroatoms. The molecule has 0 bridgehead atoms. The molecule has 0 aliphatic carbocycles. The number of benzene rings is 1. The Morgan fingerprint density at radius 1 is 1.12 bits per heavy atom. The van der Waals surface area contributed by atoms with Gasteiger partial charge in [-0.2, -0.15) is 0 Å². The number of nitrogens with one attached hydrogen (secondary N) is 2. The number of hydrogen-bond acceptors (Lipinski definition) is 10. The maximum absolute atomic E-state index is 12.4. The van der Waals surface area contributed by atoms with Gasteiger partial charge in [0.2, 0.25) is 5.91 Å². The number of methoxy groups -OCH3 is 1. The second-order valence-corrected chi connectivity index (χ2v) is 7.10. The Bertz CT molecular complexity index is 762. The quantitative estimate of drug-likeness (QED) is 0.273. The molecule has 1 aromatic rings. The zero-order valence-electron chi connectivity index (χ0n) is 17.7. The van der Waals surface area contributed by atoms with Crippen molar-refractivity contribution in [1.29, 1.82) is 0 Å². The summed E-state index contributed by atoms with van der Waals surface area (Å²) in [6, 6.07) is 6.61. The molecule has 1 aliphatic heterocycles. The van der Waals surface area contributed by atoms with Gasteiger partial charge in [0.15, 0.2) is 12.3 Å². The summed E-state index contributed by atoms with van der Waals surface area (Å²) in [7, 11) is 1.11. The van der Waals surface area contributed by atoms with E-state index in [-0.39, 0.29) is 13.2 Å². The molecule has 1 heterocycles. The first-order valence-electron chi connectivity index (χ1n) is 9.85. The molecule has 5 N–H and O–H groups in total. The van der Waals surface area contributed by atoms with Gasteiger partial charge < -0.3 is 44.9 Å². The van der Waals surface area contributed by atoms with Gasteiger partial charge in [0.1, 0.15) is 31.0 Å². The van der Waals surface area contributed by atoms with Crippen LogP contribution in [0.5, 0.6) is 0 Å². The van der Waals surface area contributed by atoms with Crippen LogP contribution in [0.15, 0.2) is 30.3 Å². The minimum atomic E-state index is -1.56. The van der Waals surface area contributed by atoms with Gasteiger partial charge in [0, 0.05) is 0 Å². The van der Waals surface area contributed by atoms with E-state index in [0.29, 0.717) is 0 Å². The topological polar surface area (TPSA) is 173 Å². The van der Waals surface area contributed by atoms with Crippen molar-refractivity contribution in [3.63, 3.8) is 0 Å². The molecule has 32 heavy (non-hydrogen) atoms. The highest BCUT2D eigenvalue weighted by atomic mass is 16.7. The molecule has 1 saturated heterocycles. The summed E-state index contributed by atoms with van der Waals surface area (Å²) < 4.78 is 20.0. The van der Waals surface area contributed by atoms with Gasteiger partial charge in [-0.25, -0.2) is 9.59 Å². The SMILES string of the molecule is COC(=O)[C@H](CO[C@@H]1OC[C@@H](O)[C@H](O)[C@H]1O)NC(=O)[C@H](C)NC(=O)OCc1ccccc1. The number of alkyl carbamates (subject to hydrolysis) is 1. The molecule has 0 spiro atoms. The Balaban J connectivity index is 1.84. The molecule has 1 fully saturated rings. The van der Waals surface area contributed by atoms with Crippen LogP contribution in [0.1, 0.15) is 12.5 Å². The minimum Gasteiger partial charge on any atom is -0.467 e. The van der Waals surface area contributed by atoms with Gasteiger partial charge in [-0.3, -0.25) is 4.79 Å². The van der Waals surface area contributed by atoms with E-state index in [0.717, 1.165) is 12.7 Å². The standard InChI is InChI=1S/C20H28N2O10/c1-11(21-20(28)32-8-12-6-4-3-5-7-12)17(26)22-13(18(27)29-2)9-30-19-16(25)15(24)14(23)10-31-19/h3-7,11,13-16,19,23-25H,8-10H2,1-2H3,(H,21,28)(H,22,26)/t11-,13-,14+,15-,16+,19+/m0/s1. The lowest BCUT2D eigenvalue weighted by molar-refractivity contribution is -0.271. The number of amides is 2. The molecular formula is C20H28N2O10. The van der Waals surface area contributed by atoms with E-state index in [9.17, 15) is 29.7 Å². The van der Waals surface area contributed by atoms with Crippen molar-refractivity contribution in [2.45, 2.75) is 50.2 Å². The fourth-order valence-corrected chi connectivity index (χ4v) is 2.73. The van der Waals surface area contributed by atoms with Crippen molar-refractivity contribution in [3.05, 3.63) is 35.9 Å². The molecule has 1 aliphatic rings. The van der Waals surface area contributed by atoms with Gasteiger partial charge in [0.25, 0.3) is 0 Å². The molecule has 0 unspecified atom stereocenters. The molecule has 6 atom stereocenters. The number of carbonyl (C=O) groups is 3. The monoisotopic (exact) mass is 456 g/mol. The average molecular weight is 456 g/mol. The van der Waals surface area contributed by atoms with Gasteiger partial charge >= 0.3 is 12.1 Å². The molecule has 1 aromatic carbocycles. The van der Waals surface area contributed by atoms with Crippen molar-refractivity contribution in [3.8, 4) is 0 Å². The van der Waals surface area contributed by atoms with E-state index in [1.165, 1.54) is 6.92 Å². The minimum absolute atomic E-state index is 0.0178. The molecule has 12 nitrogen and oxygen atoms in total. The smallest absolute Gasteiger partial charge is 0.408 e. The first kappa shape index (κ1) is 25.5.